The van der Waals surface area contributed by atoms with Crippen LogP contribution in [0.1, 0.15) is 30.5 Å². The van der Waals surface area contributed by atoms with Crippen molar-refractivity contribution in [3.63, 3.8) is 0 Å². The number of phosphoric acid groups is 1. The Balaban J connectivity index is 1.74. The lowest BCUT2D eigenvalue weighted by Gasteiger charge is -2.27. The van der Waals surface area contributed by atoms with Gasteiger partial charge in [-0.3, -0.25) is 13.6 Å². The van der Waals surface area contributed by atoms with Crippen LogP contribution in [0.15, 0.2) is 47.5 Å². The summed E-state index contributed by atoms with van der Waals surface area (Å²) in [7, 11) is -1.51. The summed E-state index contributed by atoms with van der Waals surface area (Å²) in [5.41, 5.74) is 3.88. The number of phosphoric ester groups is 1. The van der Waals surface area contributed by atoms with Crippen LogP contribution in [0, 0.1) is 0 Å². The van der Waals surface area contributed by atoms with Gasteiger partial charge in [0.25, 0.3) is 0 Å². The molecule has 28 heavy (non-hydrogen) atoms. The quantitative estimate of drug-likeness (QED) is 0.521. The summed E-state index contributed by atoms with van der Waals surface area (Å²) in [6.45, 7) is 4.91. The van der Waals surface area contributed by atoms with Crippen molar-refractivity contribution in [2.75, 3.05) is 20.3 Å². The molecule has 0 aromatic heterocycles. The lowest BCUT2D eigenvalue weighted by Crippen LogP contribution is -2.29. The van der Waals surface area contributed by atoms with E-state index in [2.05, 4.69) is 4.90 Å². The Bertz CT molecular complexity index is 892. The number of rotatable bonds is 8. The van der Waals surface area contributed by atoms with E-state index in [1.165, 1.54) is 0 Å². The molecule has 0 amide bonds. The summed E-state index contributed by atoms with van der Waals surface area (Å²) in [6.07, 6.45) is 0. The molecule has 0 saturated carbocycles. The fourth-order valence-electron chi connectivity index (χ4n) is 2.92. The number of amidine groups is 1. The van der Waals surface area contributed by atoms with Crippen LogP contribution in [0.3, 0.4) is 0 Å². The molecule has 2 aromatic carbocycles. The van der Waals surface area contributed by atoms with Gasteiger partial charge in [-0.1, -0.05) is 41.9 Å². The number of hydrogen-bond donors (Lipinski definition) is 0. The molecule has 1 aliphatic rings. The van der Waals surface area contributed by atoms with Crippen molar-refractivity contribution in [2.24, 2.45) is 4.99 Å². The van der Waals surface area contributed by atoms with Gasteiger partial charge in [-0.15, -0.1) is 0 Å². The van der Waals surface area contributed by atoms with Gasteiger partial charge in [-0.25, -0.2) is 9.56 Å². The van der Waals surface area contributed by atoms with E-state index in [0.717, 1.165) is 34.8 Å². The lowest BCUT2D eigenvalue weighted by molar-refractivity contribution is 0.116. The number of nitrogens with zero attached hydrogens (tertiary/aromatic N) is 2. The van der Waals surface area contributed by atoms with E-state index >= 15 is 0 Å². The third-order valence-corrected chi connectivity index (χ3v) is 6.05. The van der Waals surface area contributed by atoms with Crippen molar-refractivity contribution in [2.45, 2.75) is 27.0 Å². The largest absolute Gasteiger partial charge is 0.475 e. The van der Waals surface area contributed by atoms with Gasteiger partial charge in [0, 0.05) is 24.2 Å². The molecule has 0 N–H and O–H groups in total. The normalized spacial score (nSPS) is 14.0. The summed E-state index contributed by atoms with van der Waals surface area (Å²) in [4.78, 5) is 6.86. The summed E-state index contributed by atoms with van der Waals surface area (Å²) in [5.74, 6) is 0.872. The average molecular weight is 423 g/mol. The second kappa shape index (κ2) is 9.21. The van der Waals surface area contributed by atoms with Crippen LogP contribution >= 0.6 is 19.4 Å². The Labute approximate surface area is 170 Å². The zero-order chi connectivity index (χ0) is 20.1. The molecule has 8 heteroatoms. The highest BCUT2D eigenvalue weighted by Gasteiger charge is 2.25. The molecule has 2 aromatic rings. The molecule has 0 fully saturated rings. The highest BCUT2D eigenvalue weighted by molar-refractivity contribution is 7.48. The second-order valence-corrected chi connectivity index (χ2v) is 8.42. The van der Waals surface area contributed by atoms with E-state index in [1.54, 1.807) is 13.8 Å². The fraction of sp³-hybridized carbons (Fsp3) is 0.350. The molecule has 0 bridgehead atoms. The highest BCUT2D eigenvalue weighted by Crippen LogP contribution is 2.49. The number of aliphatic imine (C=N–C) groups is 1. The van der Waals surface area contributed by atoms with Gasteiger partial charge >= 0.3 is 7.82 Å². The number of halogens is 1. The maximum absolute atomic E-state index is 12.4. The van der Waals surface area contributed by atoms with Crippen LogP contribution in [0.25, 0.3) is 0 Å². The van der Waals surface area contributed by atoms with Crippen LogP contribution in [0.5, 0.6) is 0 Å². The average Bonchev–Trinajstić information content (AvgIpc) is 2.67. The van der Waals surface area contributed by atoms with Gasteiger partial charge < -0.3 is 4.90 Å². The van der Waals surface area contributed by atoms with Gasteiger partial charge in [0.2, 0.25) is 0 Å². The standard InChI is InChI=1S/C20H24ClN2O4P/c1-4-25-28(24,26-5-2)27-14-15-6-8-16(9-7-15)20-22-19-12-18(21)11-10-17(19)13-23(20)3/h6-12H,4-5,13-14H2,1-3H3. The third kappa shape index (κ3) is 5.02. The van der Waals surface area contributed by atoms with Gasteiger partial charge in [0.1, 0.15) is 5.84 Å². The van der Waals surface area contributed by atoms with Crippen molar-refractivity contribution in [3.8, 4) is 0 Å². The minimum absolute atomic E-state index is 0.137. The number of benzene rings is 2. The van der Waals surface area contributed by atoms with Crippen LogP contribution in [-0.4, -0.2) is 31.0 Å². The first-order valence-corrected chi connectivity index (χ1v) is 11.0. The third-order valence-electron chi connectivity index (χ3n) is 4.22. The van der Waals surface area contributed by atoms with Crippen LogP contribution in [-0.2, 0) is 31.3 Å². The molecule has 0 atom stereocenters. The van der Waals surface area contributed by atoms with Crippen molar-refractivity contribution in [1.29, 1.82) is 0 Å². The zero-order valence-corrected chi connectivity index (χ0v) is 17.9. The monoisotopic (exact) mass is 422 g/mol. The topological polar surface area (TPSA) is 60.4 Å². The van der Waals surface area contributed by atoms with E-state index in [4.69, 9.17) is 30.2 Å². The number of hydrogen-bond acceptors (Lipinski definition) is 6. The minimum Gasteiger partial charge on any atom is -0.355 e. The van der Waals surface area contributed by atoms with Crippen molar-refractivity contribution >= 4 is 30.9 Å². The Hall–Kier alpha value is -1.69. The molecule has 150 valence electrons. The summed E-state index contributed by atoms with van der Waals surface area (Å²) >= 11 is 6.10. The molecule has 6 nitrogen and oxygen atoms in total. The SMILES string of the molecule is CCOP(=O)(OCC)OCc1ccc(C2=Nc3cc(Cl)ccc3CN2C)cc1. The molecule has 0 radical (unpaired) electrons. The van der Waals surface area contributed by atoms with E-state index < -0.39 is 7.82 Å². The van der Waals surface area contributed by atoms with E-state index in [0.29, 0.717) is 5.02 Å². The van der Waals surface area contributed by atoms with Crippen LogP contribution in [0.4, 0.5) is 5.69 Å². The molecule has 3 rings (SSSR count). The Kier molecular flexibility index (Phi) is 6.91. The molecule has 1 aliphatic heterocycles. The van der Waals surface area contributed by atoms with E-state index in [1.807, 2.05) is 49.5 Å². The lowest BCUT2D eigenvalue weighted by atomic mass is 10.1. The second-order valence-electron chi connectivity index (χ2n) is 6.32. The van der Waals surface area contributed by atoms with Crippen LogP contribution < -0.4 is 0 Å². The molecular weight excluding hydrogens is 399 g/mol. The molecule has 0 aliphatic carbocycles. The Morgan fingerprint density at radius 1 is 1.07 bits per heavy atom. The summed E-state index contributed by atoms with van der Waals surface area (Å²) in [6, 6.07) is 13.5. The predicted octanol–water partition coefficient (Wildman–Crippen LogP) is 5.56. The van der Waals surface area contributed by atoms with Crippen molar-refractivity contribution in [1.82, 2.24) is 4.90 Å². The minimum atomic E-state index is -3.52. The Morgan fingerprint density at radius 2 is 1.75 bits per heavy atom. The predicted molar refractivity (Wildman–Crippen MR) is 111 cm³/mol. The molecule has 0 unspecified atom stereocenters. The van der Waals surface area contributed by atoms with Crippen molar-refractivity contribution < 1.29 is 18.1 Å². The first kappa shape index (κ1) is 21.0. The maximum atomic E-state index is 12.4. The van der Waals surface area contributed by atoms with Crippen molar-refractivity contribution in [3.05, 3.63) is 64.2 Å². The molecule has 0 spiro atoms. The fourth-order valence-corrected chi connectivity index (χ4v) is 4.25. The first-order chi connectivity index (χ1) is 13.4. The number of fused-ring (bicyclic) bond motifs is 1. The zero-order valence-electron chi connectivity index (χ0n) is 16.2. The van der Waals surface area contributed by atoms with E-state index in [9.17, 15) is 4.57 Å². The summed E-state index contributed by atoms with van der Waals surface area (Å²) in [5, 5.41) is 0.673. The van der Waals surface area contributed by atoms with E-state index in [-0.39, 0.29) is 19.8 Å². The summed E-state index contributed by atoms with van der Waals surface area (Å²) < 4.78 is 28.1. The smallest absolute Gasteiger partial charge is 0.355 e. The first-order valence-electron chi connectivity index (χ1n) is 9.15. The molecule has 1 heterocycles. The van der Waals surface area contributed by atoms with Gasteiger partial charge in [0.05, 0.1) is 25.5 Å². The van der Waals surface area contributed by atoms with Crippen LogP contribution in [0.2, 0.25) is 5.02 Å². The van der Waals surface area contributed by atoms with Gasteiger partial charge in [-0.2, -0.15) is 0 Å². The van der Waals surface area contributed by atoms with Gasteiger partial charge in [-0.05, 0) is 37.1 Å². The Morgan fingerprint density at radius 3 is 2.39 bits per heavy atom. The highest BCUT2D eigenvalue weighted by atomic mass is 35.5. The molecule has 0 saturated heterocycles. The molecular formula is C20H24ClN2O4P. The van der Waals surface area contributed by atoms with Gasteiger partial charge in [0.15, 0.2) is 0 Å². The maximum Gasteiger partial charge on any atom is 0.475 e.